The van der Waals surface area contributed by atoms with Crippen LogP contribution in [-0.2, 0) is 11.2 Å². The van der Waals surface area contributed by atoms with Crippen molar-refractivity contribution in [1.82, 2.24) is 24.4 Å². The topological polar surface area (TPSA) is 76.4 Å². The lowest BCUT2D eigenvalue weighted by Gasteiger charge is -2.34. The second-order valence-corrected chi connectivity index (χ2v) is 8.07. The van der Waals surface area contributed by atoms with Gasteiger partial charge in [0.25, 0.3) is 0 Å². The van der Waals surface area contributed by atoms with E-state index in [-0.39, 0.29) is 12.3 Å². The van der Waals surface area contributed by atoms with E-state index in [2.05, 4.69) is 14.9 Å². The third-order valence-corrected chi connectivity index (χ3v) is 5.98. The number of hydrogen-bond acceptors (Lipinski definition) is 6. The number of ether oxygens (including phenoxy) is 1. The van der Waals surface area contributed by atoms with Crippen LogP contribution in [0.1, 0.15) is 5.82 Å². The van der Waals surface area contributed by atoms with Gasteiger partial charge in [-0.1, -0.05) is 18.2 Å². The van der Waals surface area contributed by atoms with Gasteiger partial charge in [-0.05, 0) is 42.5 Å². The summed E-state index contributed by atoms with van der Waals surface area (Å²) in [5.41, 5.74) is 2.77. The first-order valence-corrected chi connectivity index (χ1v) is 11.3. The van der Waals surface area contributed by atoms with Gasteiger partial charge >= 0.3 is 0 Å². The minimum Gasteiger partial charge on any atom is -0.497 e. The van der Waals surface area contributed by atoms with E-state index in [1.807, 2.05) is 70.3 Å². The van der Waals surface area contributed by atoms with Crippen LogP contribution < -0.4 is 9.64 Å². The number of anilines is 1. The van der Waals surface area contributed by atoms with Gasteiger partial charge in [-0.3, -0.25) is 4.79 Å². The predicted octanol–water partition coefficient (Wildman–Crippen LogP) is 3.23. The molecule has 8 heteroatoms. The Morgan fingerprint density at radius 1 is 0.912 bits per heavy atom. The van der Waals surface area contributed by atoms with E-state index in [0.717, 1.165) is 28.5 Å². The van der Waals surface area contributed by atoms with Crippen LogP contribution >= 0.6 is 0 Å². The van der Waals surface area contributed by atoms with Crippen LogP contribution in [0.3, 0.4) is 0 Å². The second kappa shape index (κ2) is 9.74. The molecule has 0 spiro atoms. The molecule has 0 saturated carbocycles. The molecule has 0 unspecified atom stereocenters. The molecule has 1 aliphatic heterocycles. The minimum atomic E-state index is 0.0673. The summed E-state index contributed by atoms with van der Waals surface area (Å²) in [6, 6.07) is 19.6. The highest BCUT2D eigenvalue weighted by atomic mass is 16.5. The van der Waals surface area contributed by atoms with Crippen molar-refractivity contribution in [3.8, 4) is 22.7 Å². The quantitative estimate of drug-likeness (QED) is 0.445. The first-order chi connectivity index (χ1) is 16.7. The molecule has 0 N–H and O–H groups in total. The van der Waals surface area contributed by atoms with Gasteiger partial charge in [0.2, 0.25) is 11.9 Å². The first-order valence-electron chi connectivity index (χ1n) is 11.3. The SMILES string of the molecule is COc1ccc(-c2cn(-c3ccccc3)c(CC(=O)N3CCN(c4ncccn4)CC3)n2)cc1. The molecule has 0 aliphatic carbocycles. The molecule has 2 aromatic heterocycles. The van der Waals surface area contributed by atoms with E-state index in [9.17, 15) is 4.79 Å². The average Bonchev–Trinajstić information content (AvgIpc) is 3.33. The molecule has 5 rings (SSSR count). The van der Waals surface area contributed by atoms with Crippen LogP contribution in [0.15, 0.2) is 79.3 Å². The zero-order valence-corrected chi connectivity index (χ0v) is 19.0. The van der Waals surface area contributed by atoms with Crippen molar-refractivity contribution in [2.45, 2.75) is 6.42 Å². The van der Waals surface area contributed by atoms with Crippen molar-refractivity contribution in [3.63, 3.8) is 0 Å². The zero-order chi connectivity index (χ0) is 23.3. The number of piperazine rings is 1. The van der Waals surface area contributed by atoms with Gasteiger partial charge in [0, 0.05) is 56.0 Å². The summed E-state index contributed by atoms with van der Waals surface area (Å²) in [5, 5.41) is 0. The largest absolute Gasteiger partial charge is 0.497 e. The third kappa shape index (κ3) is 4.61. The maximum absolute atomic E-state index is 13.2. The molecule has 8 nitrogen and oxygen atoms in total. The third-order valence-electron chi connectivity index (χ3n) is 5.98. The number of benzene rings is 2. The van der Waals surface area contributed by atoms with Gasteiger partial charge in [-0.25, -0.2) is 15.0 Å². The zero-order valence-electron chi connectivity index (χ0n) is 19.0. The molecule has 4 aromatic rings. The molecule has 172 valence electrons. The van der Waals surface area contributed by atoms with Crippen molar-refractivity contribution in [2.24, 2.45) is 0 Å². The fourth-order valence-electron chi connectivity index (χ4n) is 4.11. The summed E-state index contributed by atoms with van der Waals surface area (Å²) in [5.74, 6) is 2.29. The van der Waals surface area contributed by atoms with Gasteiger partial charge in [-0.2, -0.15) is 0 Å². The van der Waals surface area contributed by atoms with E-state index in [4.69, 9.17) is 9.72 Å². The molecule has 1 fully saturated rings. The summed E-state index contributed by atoms with van der Waals surface area (Å²) in [7, 11) is 1.65. The van der Waals surface area contributed by atoms with Crippen LogP contribution in [0.2, 0.25) is 0 Å². The first kappa shape index (κ1) is 21.6. The number of rotatable bonds is 6. The molecule has 0 radical (unpaired) electrons. The van der Waals surface area contributed by atoms with Crippen LogP contribution in [0.4, 0.5) is 5.95 Å². The highest BCUT2D eigenvalue weighted by molar-refractivity contribution is 5.79. The summed E-state index contributed by atoms with van der Waals surface area (Å²) < 4.78 is 7.28. The van der Waals surface area contributed by atoms with Gasteiger partial charge in [0.05, 0.1) is 19.2 Å². The molecule has 1 saturated heterocycles. The number of carbonyl (C=O) groups is 1. The number of aromatic nitrogens is 4. The maximum Gasteiger partial charge on any atom is 0.230 e. The van der Waals surface area contributed by atoms with Crippen LogP contribution in [0, 0.1) is 0 Å². The Bertz CT molecular complexity index is 1230. The molecular formula is C26H26N6O2. The molecule has 2 aromatic carbocycles. The van der Waals surface area contributed by atoms with Gasteiger partial charge in [0.15, 0.2) is 0 Å². The van der Waals surface area contributed by atoms with Crippen molar-refractivity contribution in [1.29, 1.82) is 0 Å². The normalized spacial score (nSPS) is 13.7. The molecule has 1 aliphatic rings. The average molecular weight is 455 g/mol. The Hall–Kier alpha value is -4.20. The molecule has 0 atom stereocenters. The smallest absolute Gasteiger partial charge is 0.230 e. The van der Waals surface area contributed by atoms with Crippen molar-refractivity contribution >= 4 is 11.9 Å². The number of carbonyl (C=O) groups excluding carboxylic acids is 1. The monoisotopic (exact) mass is 454 g/mol. The number of hydrogen-bond donors (Lipinski definition) is 0. The van der Waals surface area contributed by atoms with Crippen LogP contribution in [0.25, 0.3) is 16.9 Å². The standard InChI is InChI=1S/C26H26N6O2/c1-34-22-10-8-20(9-11-22)23-19-32(21-6-3-2-4-7-21)24(29-23)18-25(33)30-14-16-31(17-15-30)26-27-12-5-13-28-26/h2-13,19H,14-18H2,1H3. The van der Waals surface area contributed by atoms with Gasteiger partial charge in [0.1, 0.15) is 11.6 Å². The summed E-state index contributed by atoms with van der Waals surface area (Å²) in [4.78, 5) is 30.7. The lowest BCUT2D eigenvalue weighted by atomic mass is 10.1. The summed E-state index contributed by atoms with van der Waals surface area (Å²) >= 11 is 0. The van der Waals surface area contributed by atoms with E-state index in [1.54, 1.807) is 25.6 Å². The number of para-hydroxylation sites is 1. The van der Waals surface area contributed by atoms with E-state index in [0.29, 0.717) is 32.1 Å². The van der Waals surface area contributed by atoms with Crippen molar-refractivity contribution in [3.05, 3.63) is 85.1 Å². The predicted molar refractivity (Wildman–Crippen MR) is 130 cm³/mol. The molecular weight excluding hydrogens is 428 g/mol. The lowest BCUT2D eigenvalue weighted by Crippen LogP contribution is -2.49. The summed E-state index contributed by atoms with van der Waals surface area (Å²) in [6.07, 6.45) is 5.70. The highest BCUT2D eigenvalue weighted by Gasteiger charge is 2.24. The number of nitrogens with zero attached hydrogens (tertiary/aromatic N) is 6. The van der Waals surface area contributed by atoms with E-state index in [1.165, 1.54) is 0 Å². The molecule has 1 amide bonds. The lowest BCUT2D eigenvalue weighted by molar-refractivity contribution is -0.130. The van der Waals surface area contributed by atoms with Crippen LogP contribution in [0.5, 0.6) is 5.75 Å². The van der Waals surface area contributed by atoms with Crippen LogP contribution in [-0.4, -0.2) is 63.6 Å². The van der Waals surface area contributed by atoms with Gasteiger partial charge < -0.3 is 19.1 Å². The summed E-state index contributed by atoms with van der Waals surface area (Å²) in [6.45, 7) is 2.68. The highest BCUT2D eigenvalue weighted by Crippen LogP contribution is 2.24. The minimum absolute atomic E-state index is 0.0673. The number of imidazole rings is 1. The number of methoxy groups -OCH3 is 1. The Morgan fingerprint density at radius 3 is 2.29 bits per heavy atom. The Morgan fingerprint density at radius 2 is 1.62 bits per heavy atom. The van der Waals surface area contributed by atoms with Gasteiger partial charge in [-0.15, -0.1) is 0 Å². The Kier molecular flexibility index (Phi) is 6.20. The van der Waals surface area contributed by atoms with Crippen molar-refractivity contribution in [2.75, 3.05) is 38.2 Å². The molecule has 3 heterocycles. The fraction of sp³-hybridized carbons (Fsp3) is 0.231. The number of amides is 1. The van der Waals surface area contributed by atoms with Crippen molar-refractivity contribution < 1.29 is 9.53 Å². The molecule has 0 bridgehead atoms. The second-order valence-electron chi connectivity index (χ2n) is 8.07. The Labute approximate surface area is 198 Å². The maximum atomic E-state index is 13.2. The van der Waals surface area contributed by atoms with E-state index < -0.39 is 0 Å². The van der Waals surface area contributed by atoms with E-state index >= 15 is 0 Å². The fourth-order valence-corrected chi connectivity index (χ4v) is 4.11. The Balaban J connectivity index is 1.35. The molecule has 34 heavy (non-hydrogen) atoms.